The Bertz CT molecular complexity index is 384. The maximum atomic E-state index is 5.39. The molecule has 2 heteroatoms. The van der Waals surface area contributed by atoms with Crippen LogP contribution in [0.5, 0.6) is 5.75 Å². The van der Waals surface area contributed by atoms with E-state index in [1.807, 2.05) is 24.3 Å². The maximum Gasteiger partial charge on any atom is 0.148 e. The third-order valence-corrected chi connectivity index (χ3v) is 1.83. The van der Waals surface area contributed by atoms with E-state index in [1.54, 1.807) is 0 Å². The first-order valence-corrected chi connectivity index (χ1v) is 4.67. The van der Waals surface area contributed by atoms with Gasteiger partial charge >= 0.3 is 0 Å². The average Bonchev–Trinajstić information content (AvgIpc) is 2.28. The van der Waals surface area contributed by atoms with Crippen molar-refractivity contribution in [1.29, 1.82) is 0 Å². The van der Waals surface area contributed by atoms with Gasteiger partial charge in [-0.2, -0.15) is 0 Å². The van der Waals surface area contributed by atoms with Gasteiger partial charge in [0, 0.05) is 12.1 Å². The fourth-order valence-corrected chi connectivity index (χ4v) is 1.18. The second-order valence-electron chi connectivity index (χ2n) is 2.91. The number of hydrogen-bond donors (Lipinski definition) is 1. The Hall–Kier alpha value is -1.90. The van der Waals surface area contributed by atoms with E-state index in [0.717, 1.165) is 11.3 Å². The number of terminal acetylenes is 2. The summed E-state index contributed by atoms with van der Waals surface area (Å²) >= 11 is 0. The van der Waals surface area contributed by atoms with Crippen LogP contribution in [0.15, 0.2) is 24.3 Å². The van der Waals surface area contributed by atoms with Crippen LogP contribution in [0, 0.1) is 24.7 Å². The highest BCUT2D eigenvalue weighted by molar-refractivity contribution is 5.33. The summed E-state index contributed by atoms with van der Waals surface area (Å²) in [4.78, 5) is 0. The third kappa shape index (κ3) is 3.77. The van der Waals surface area contributed by atoms with Crippen molar-refractivity contribution >= 4 is 0 Å². The van der Waals surface area contributed by atoms with Gasteiger partial charge in [-0.1, -0.05) is 30.0 Å². The van der Waals surface area contributed by atoms with Crippen molar-refractivity contribution in [3.05, 3.63) is 29.8 Å². The SMILES string of the molecule is C#CCNCc1ccccc1OCC#C. The molecular weight excluding hydrogens is 186 g/mol. The van der Waals surface area contributed by atoms with Gasteiger partial charge in [-0.15, -0.1) is 12.8 Å². The maximum absolute atomic E-state index is 5.39. The van der Waals surface area contributed by atoms with E-state index in [4.69, 9.17) is 17.6 Å². The van der Waals surface area contributed by atoms with Crippen molar-refractivity contribution < 1.29 is 4.74 Å². The lowest BCUT2D eigenvalue weighted by Gasteiger charge is -2.09. The van der Waals surface area contributed by atoms with E-state index in [2.05, 4.69) is 17.2 Å². The zero-order valence-electron chi connectivity index (χ0n) is 8.49. The summed E-state index contributed by atoms with van der Waals surface area (Å²) in [5.74, 6) is 5.76. The highest BCUT2D eigenvalue weighted by Gasteiger charge is 2.00. The van der Waals surface area contributed by atoms with Gasteiger partial charge < -0.3 is 10.1 Å². The molecule has 0 unspecified atom stereocenters. The number of rotatable bonds is 5. The fourth-order valence-electron chi connectivity index (χ4n) is 1.18. The first-order chi connectivity index (χ1) is 7.38. The molecule has 0 saturated carbocycles. The molecule has 0 bridgehead atoms. The monoisotopic (exact) mass is 199 g/mol. The van der Waals surface area contributed by atoms with E-state index in [0.29, 0.717) is 13.1 Å². The molecule has 0 amide bonds. The Morgan fingerprint density at radius 2 is 2.00 bits per heavy atom. The molecule has 0 spiro atoms. The van der Waals surface area contributed by atoms with Crippen molar-refractivity contribution in [1.82, 2.24) is 5.32 Å². The Labute approximate surface area is 90.6 Å². The van der Waals surface area contributed by atoms with Crippen LogP contribution in [-0.2, 0) is 6.54 Å². The van der Waals surface area contributed by atoms with Crippen LogP contribution >= 0.6 is 0 Å². The van der Waals surface area contributed by atoms with E-state index in [-0.39, 0.29) is 6.61 Å². The molecule has 1 aromatic rings. The molecule has 1 N–H and O–H groups in total. The summed E-state index contributed by atoms with van der Waals surface area (Å²) in [5.41, 5.74) is 1.06. The smallest absolute Gasteiger partial charge is 0.148 e. The van der Waals surface area contributed by atoms with Crippen LogP contribution in [0.25, 0.3) is 0 Å². The van der Waals surface area contributed by atoms with Crippen LogP contribution < -0.4 is 10.1 Å². The standard InChI is InChI=1S/C13H13NO/c1-3-9-14-11-12-7-5-6-8-13(12)15-10-4-2/h1-2,5-8,14H,9-11H2. The molecule has 76 valence electrons. The second-order valence-corrected chi connectivity index (χ2v) is 2.91. The molecule has 2 nitrogen and oxygen atoms in total. The highest BCUT2D eigenvalue weighted by atomic mass is 16.5. The molecule has 15 heavy (non-hydrogen) atoms. The molecule has 0 atom stereocenters. The van der Waals surface area contributed by atoms with Crippen LogP contribution in [0.1, 0.15) is 5.56 Å². The molecule has 0 heterocycles. The Morgan fingerprint density at radius 1 is 1.20 bits per heavy atom. The molecular formula is C13H13NO. The van der Waals surface area contributed by atoms with Crippen molar-refractivity contribution in [3.8, 4) is 30.4 Å². The summed E-state index contributed by atoms with van der Waals surface area (Å²) in [6.45, 7) is 1.51. The minimum Gasteiger partial charge on any atom is -0.481 e. The molecule has 1 rings (SSSR count). The first kappa shape index (κ1) is 11.2. The van der Waals surface area contributed by atoms with Gasteiger partial charge in [0.2, 0.25) is 0 Å². The van der Waals surface area contributed by atoms with Gasteiger partial charge in [0.25, 0.3) is 0 Å². The first-order valence-electron chi connectivity index (χ1n) is 4.67. The van der Waals surface area contributed by atoms with Crippen molar-refractivity contribution in [3.63, 3.8) is 0 Å². The largest absolute Gasteiger partial charge is 0.481 e. The number of para-hydroxylation sites is 1. The minimum absolute atomic E-state index is 0.284. The summed E-state index contributed by atoms with van der Waals surface area (Å²) in [5, 5.41) is 3.10. The van der Waals surface area contributed by atoms with Crippen LogP contribution in [0.3, 0.4) is 0 Å². The predicted molar refractivity (Wildman–Crippen MR) is 61.3 cm³/mol. The topological polar surface area (TPSA) is 21.3 Å². The van der Waals surface area contributed by atoms with Gasteiger partial charge in [0.05, 0.1) is 6.54 Å². The fraction of sp³-hybridized carbons (Fsp3) is 0.231. The van der Waals surface area contributed by atoms with Crippen LogP contribution in [-0.4, -0.2) is 13.2 Å². The molecule has 0 aliphatic rings. The highest BCUT2D eigenvalue weighted by Crippen LogP contribution is 2.17. The molecule has 0 radical (unpaired) electrons. The molecule has 0 fully saturated rings. The third-order valence-electron chi connectivity index (χ3n) is 1.83. The minimum atomic E-state index is 0.284. The Morgan fingerprint density at radius 3 is 2.73 bits per heavy atom. The molecule has 0 aliphatic heterocycles. The lowest BCUT2D eigenvalue weighted by molar-refractivity contribution is 0.365. The zero-order valence-corrected chi connectivity index (χ0v) is 8.49. The average molecular weight is 199 g/mol. The summed E-state index contributed by atoms with van der Waals surface area (Å²) < 4.78 is 5.39. The van der Waals surface area contributed by atoms with Crippen molar-refractivity contribution in [2.75, 3.05) is 13.2 Å². The Kier molecular flexibility index (Phi) is 4.87. The van der Waals surface area contributed by atoms with Gasteiger partial charge in [0.1, 0.15) is 12.4 Å². The summed E-state index contributed by atoms with van der Waals surface area (Å²) in [7, 11) is 0. The van der Waals surface area contributed by atoms with Gasteiger partial charge in [-0.25, -0.2) is 0 Å². The van der Waals surface area contributed by atoms with Crippen molar-refractivity contribution in [2.45, 2.75) is 6.54 Å². The predicted octanol–water partition coefficient (Wildman–Crippen LogP) is 1.42. The number of ether oxygens (including phenoxy) is 1. The summed E-state index contributed by atoms with van der Waals surface area (Å²) in [6, 6.07) is 7.74. The van der Waals surface area contributed by atoms with E-state index in [1.165, 1.54) is 0 Å². The second kappa shape index (κ2) is 6.54. The van der Waals surface area contributed by atoms with Crippen molar-refractivity contribution in [2.24, 2.45) is 0 Å². The Balaban J connectivity index is 2.61. The van der Waals surface area contributed by atoms with Gasteiger partial charge in [-0.3, -0.25) is 0 Å². The zero-order chi connectivity index (χ0) is 10.9. The molecule has 0 saturated heterocycles. The van der Waals surface area contributed by atoms with E-state index in [9.17, 15) is 0 Å². The molecule has 0 aromatic heterocycles. The number of benzene rings is 1. The van der Waals surface area contributed by atoms with Crippen LogP contribution in [0.4, 0.5) is 0 Å². The lowest BCUT2D eigenvalue weighted by Crippen LogP contribution is -2.14. The van der Waals surface area contributed by atoms with Gasteiger partial charge in [0.15, 0.2) is 0 Å². The van der Waals surface area contributed by atoms with E-state index < -0.39 is 0 Å². The lowest BCUT2D eigenvalue weighted by atomic mass is 10.2. The normalized spacial score (nSPS) is 8.93. The quantitative estimate of drug-likeness (QED) is 0.572. The van der Waals surface area contributed by atoms with E-state index >= 15 is 0 Å². The van der Waals surface area contributed by atoms with Crippen LogP contribution in [0.2, 0.25) is 0 Å². The molecule has 1 aromatic carbocycles. The summed E-state index contributed by atoms with van der Waals surface area (Å²) in [6.07, 6.45) is 10.3. The molecule has 0 aliphatic carbocycles. The number of nitrogens with one attached hydrogen (secondary N) is 1. The van der Waals surface area contributed by atoms with Gasteiger partial charge in [-0.05, 0) is 6.07 Å². The number of hydrogen-bond acceptors (Lipinski definition) is 2.